The summed E-state index contributed by atoms with van der Waals surface area (Å²) >= 11 is 0. The second kappa shape index (κ2) is 1.63. The minimum absolute atomic E-state index is 0.391. The van der Waals surface area contributed by atoms with Crippen molar-refractivity contribution in [3.05, 3.63) is 0 Å². The van der Waals surface area contributed by atoms with E-state index >= 15 is 0 Å². The molecule has 0 heterocycles. The predicted molar refractivity (Wildman–Crippen MR) is 39.6 cm³/mol. The lowest BCUT2D eigenvalue weighted by Gasteiger charge is -2.22. The molecule has 0 spiro atoms. The Labute approximate surface area is 61.8 Å². The van der Waals surface area contributed by atoms with Crippen LogP contribution < -0.4 is 0 Å². The van der Waals surface area contributed by atoms with Crippen LogP contribution in [0, 0.1) is 17.3 Å². The number of hydrogen-bond acceptors (Lipinski definition) is 1. The summed E-state index contributed by atoms with van der Waals surface area (Å²) in [5.74, 6) is 1.63. The quantitative estimate of drug-likeness (QED) is 0.500. The summed E-state index contributed by atoms with van der Waals surface area (Å²) in [6.07, 6.45) is 3.31. The van der Waals surface area contributed by atoms with Gasteiger partial charge in [-0.05, 0) is 24.2 Å². The third-order valence-corrected chi connectivity index (χ3v) is 3.72. The van der Waals surface area contributed by atoms with E-state index in [1.807, 2.05) is 0 Å². The van der Waals surface area contributed by atoms with Gasteiger partial charge in [0.25, 0.3) is 0 Å². The molecule has 2 fully saturated rings. The second-order valence-electron chi connectivity index (χ2n) is 4.23. The maximum Gasteiger partial charge on any atom is 0.136 e. The number of hydrogen-bond donors (Lipinski definition) is 0. The minimum atomic E-state index is 0.391. The van der Waals surface area contributed by atoms with Crippen LogP contribution in [-0.4, -0.2) is 5.78 Å². The van der Waals surface area contributed by atoms with Gasteiger partial charge < -0.3 is 0 Å². The molecular formula is C9H14O. The molecule has 0 aliphatic heterocycles. The van der Waals surface area contributed by atoms with Gasteiger partial charge in [0, 0.05) is 12.3 Å². The Hall–Kier alpha value is -0.330. The monoisotopic (exact) mass is 138 g/mol. The van der Waals surface area contributed by atoms with Crippen LogP contribution in [0.15, 0.2) is 0 Å². The van der Waals surface area contributed by atoms with E-state index in [1.165, 1.54) is 6.42 Å². The van der Waals surface area contributed by atoms with Gasteiger partial charge in [0.15, 0.2) is 0 Å². The molecule has 1 nitrogen and oxygen atoms in total. The van der Waals surface area contributed by atoms with Crippen LogP contribution in [0.1, 0.15) is 33.1 Å². The van der Waals surface area contributed by atoms with Crippen molar-refractivity contribution in [2.45, 2.75) is 33.1 Å². The van der Waals surface area contributed by atoms with Gasteiger partial charge in [0.1, 0.15) is 5.78 Å². The van der Waals surface area contributed by atoms with E-state index in [2.05, 4.69) is 13.8 Å². The first-order valence-electron chi connectivity index (χ1n) is 4.16. The SMILES string of the molecule is C[C@H]1C2CCC1(C)CC2=O. The number of Topliss-reactive ketones (excluding diaryl/α,β-unsaturated/α-hetero) is 1. The summed E-state index contributed by atoms with van der Waals surface area (Å²) in [5, 5.41) is 0. The van der Waals surface area contributed by atoms with Crippen LogP contribution in [0.3, 0.4) is 0 Å². The van der Waals surface area contributed by atoms with Crippen LogP contribution in [0.5, 0.6) is 0 Å². The van der Waals surface area contributed by atoms with Crippen LogP contribution in [-0.2, 0) is 4.79 Å². The highest BCUT2D eigenvalue weighted by Crippen LogP contribution is 2.55. The van der Waals surface area contributed by atoms with E-state index in [0.717, 1.165) is 12.8 Å². The topological polar surface area (TPSA) is 17.1 Å². The van der Waals surface area contributed by atoms with E-state index in [-0.39, 0.29) is 0 Å². The summed E-state index contributed by atoms with van der Waals surface area (Å²) in [7, 11) is 0. The molecular weight excluding hydrogens is 124 g/mol. The molecule has 0 amide bonds. The molecule has 0 aromatic rings. The van der Waals surface area contributed by atoms with Crippen molar-refractivity contribution in [2.24, 2.45) is 17.3 Å². The zero-order valence-corrected chi connectivity index (χ0v) is 6.68. The standard InChI is InChI=1S/C9H14O/c1-6-7-3-4-9(6,2)5-8(7)10/h6-7H,3-5H2,1-2H3/t6-,7?,9?/m0/s1. The first kappa shape index (κ1) is 6.38. The molecule has 0 aromatic carbocycles. The Morgan fingerprint density at radius 2 is 2.30 bits per heavy atom. The maximum absolute atomic E-state index is 11.3. The van der Waals surface area contributed by atoms with Gasteiger partial charge in [0.05, 0.1) is 0 Å². The van der Waals surface area contributed by atoms with Crippen LogP contribution in [0.25, 0.3) is 0 Å². The molecule has 0 N–H and O–H groups in total. The lowest BCUT2D eigenvalue weighted by atomic mass is 9.82. The number of ketones is 1. The van der Waals surface area contributed by atoms with Crippen molar-refractivity contribution in [3.8, 4) is 0 Å². The lowest BCUT2D eigenvalue weighted by molar-refractivity contribution is -0.122. The number of carbonyl (C=O) groups excluding carboxylic acids is 1. The minimum Gasteiger partial charge on any atom is -0.299 e. The summed E-state index contributed by atoms with van der Waals surface area (Å²) in [4.78, 5) is 11.3. The highest BCUT2D eigenvalue weighted by atomic mass is 16.1. The highest BCUT2D eigenvalue weighted by Gasteiger charge is 2.52. The third kappa shape index (κ3) is 0.561. The molecule has 2 saturated carbocycles. The van der Waals surface area contributed by atoms with Crippen molar-refractivity contribution >= 4 is 5.78 Å². The van der Waals surface area contributed by atoms with Gasteiger partial charge in [0.2, 0.25) is 0 Å². The number of rotatable bonds is 0. The van der Waals surface area contributed by atoms with Crippen molar-refractivity contribution in [2.75, 3.05) is 0 Å². The molecule has 2 aliphatic rings. The largest absolute Gasteiger partial charge is 0.299 e. The molecule has 2 aliphatic carbocycles. The molecule has 56 valence electrons. The predicted octanol–water partition coefficient (Wildman–Crippen LogP) is 2.01. The van der Waals surface area contributed by atoms with Gasteiger partial charge in [-0.25, -0.2) is 0 Å². The highest BCUT2D eigenvalue weighted by molar-refractivity contribution is 5.85. The zero-order chi connectivity index (χ0) is 7.35. The molecule has 10 heavy (non-hydrogen) atoms. The smallest absolute Gasteiger partial charge is 0.136 e. The summed E-state index contributed by atoms with van der Waals surface area (Å²) in [6, 6.07) is 0. The van der Waals surface area contributed by atoms with Crippen molar-refractivity contribution in [1.29, 1.82) is 0 Å². The molecule has 2 bridgehead atoms. The Balaban J connectivity index is 2.34. The molecule has 2 unspecified atom stereocenters. The fourth-order valence-corrected chi connectivity index (χ4v) is 2.67. The van der Waals surface area contributed by atoms with E-state index in [9.17, 15) is 4.79 Å². The Morgan fingerprint density at radius 3 is 2.50 bits per heavy atom. The molecule has 3 atom stereocenters. The maximum atomic E-state index is 11.3. The van der Waals surface area contributed by atoms with Crippen LogP contribution >= 0.6 is 0 Å². The van der Waals surface area contributed by atoms with Crippen LogP contribution in [0.4, 0.5) is 0 Å². The Bertz CT molecular complexity index is 185. The molecule has 2 rings (SSSR count). The fourth-order valence-electron chi connectivity index (χ4n) is 2.67. The summed E-state index contributed by atoms with van der Waals surface area (Å²) in [6.45, 7) is 4.51. The molecule has 0 radical (unpaired) electrons. The van der Waals surface area contributed by atoms with Gasteiger partial charge in [-0.1, -0.05) is 13.8 Å². The number of fused-ring (bicyclic) bond motifs is 2. The van der Waals surface area contributed by atoms with Crippen molar-refractivity contribution in [1.82, 2.24) is 0 Å². The van der Waals surface area contributed by atoms with E-state index in [0.29, 0.717) is 23.0 Å². The first-order valence-corrected chi connectivity index (χ1v) is 4.16. The zero-order valence-electron chi connectivity index (χ0n) is 6.68. The van der Waals surface area contributed by atoms with E-state index in [1.54, 1.807) is 0 Å². The van der Waals surface area contributed by atoms with Crippen molar-refractivity contribution < 1.29 is 4.79 Å². The van der Waals surface area contributed by atoms with Gasteiger partial charge in [-0.15, -0.1) is 0 Å². The third-order valence-electron chi connectivity index (χ3n) is 3.72. The fraction of sp³-hybridized carbons (Fsp3) is 0.889. The Morgan fingerprint density at radius 1 is 1.60 bits per heavy atom. The van der Waals surface area contributed by atoms with E-state index in [4.69, 9.17) is 0 Å². The first-order chi connectivity index (χ1) is 4.63. The summed E-state index contributed by atoms with van der Waals surface area (Å²) < 4.78 is 0. The molecule has 1 heteroatoms. The average Bonchev–Trinajstić information content (AvgIpc) is 2.20. The van der Waals surface area contributed by atoms with Crippen molar-refractivity contribution in [3.63, 3.8) is 0 Å². The van der Waals surface area contributed by atoms with Crippen LogP contribution in [0.2, 0.25) is 0 Å². The number of carbonyl (C=O) groups is 1. The van der Waals surface area contributed by atoms with Gasteiger partial charge in [-0.3, -0.25) is 4.79 Å². The van der Waals surface area contributed by atoms with Gasteiger partial charge in [-0.2, -0.15) is 0 Å². The summed E-state index contributed by atoms with van der Waals surface area (Å²) in [5.41, 5.74) is 0.391. The normalized spacial score (nSPS) is 52.4. The average molecular weight is 138 g/mol. The molecule has 0 saturated heterocycles. The van der Waals surface area contributed by atoms with Gasteiger partial charge >= 0.3 is 0 Å². The molecule has 0 aromatic heterocycles. The second-order valence-corrected chi connectivity index (χ2v) is 4.23. The lowest BCUT2D eigenvalue weighted by Crippen LogP contribution is -2.15. The van der Waals surface area contributed by atoms with E-state index < -0.39 is 0 Å². The Kier molecular flexibility index (Phi) is 1.04.